The molecule has 6 heteroatoms. The fourth-order valence-electron chi connectivity index (χ4n) is 2.96. The molecule has 1 aliphatic rings. The van der Waals surface area contributed by atoms with E-state index in [2.05, 4.69) is 46.9 Å². The van der Waals surface area contributed by atoms with Crippen LogP contribution in [0.4, 0.5) is 0 Å². The third-order valence-corrected chi connectivity index (χ3v) is 4.28. The second kappa shape index (κ2) is 6.93. The zero-order valence-electron chi connectivity index (χ0n) is 13.7. The number of hydrogen-bond acceptors (Lipinski definition) is 5. The van der Waals surface area contributed by atoms with Gasteiger partial charge in [-0.25, -0.2) is 0 Å². The van der Waals surface area contributed by atoms with E-state index in [0.717, 1.165) is 44.8 Å². The van der Waals surface area contributed by atoms with Gasteiger partial charge in [-0.1, -0.05) is 20.8 Å². The van der Waals surface area contributed by atoms with Crippen LogP contribution in [0.2, 0.25) is 0 Å². The van der Waals surface area contributed by atoms with E-state index in [1.54, 1.807) is 0 Å². The second-order valence-corrected chi connectivity index (χ2v) is 5.49. The molecule has 1 aliphatic heterocycles. The summed E-state index contributed by atoms with van der Waals surface area (Å²) in [7, 11) is 1.97. The molecule has 6 nitrogen and oxygen atoms in total. The Morgan fingerprint density at radius 1 is 1.33 bits per heavy atom. The third-order valence-electron chi connectivity index (χ3n) is 4.28. The van der Waals surface area contributed by atoms with Crippen LogP contribution in [0.5, 0.6) is 0 Å². The third kappa shape index (κ3) is 3.37. The van der Waals surface area contributed by atoms with Crippen molar-refractivity contribution in [3.05, 3.63) is 17.5 Å². The predicted octanol–water partition coefficient (Wildman–Crippen LogP) is 0.996. The standard InChI is InChI=1S/C15H28N6/c1-5-13-12(11-19(4)18-13)14-10-17-15(16)21(14)9-8-20(6-2)7-3/h11,14H,5-10H2,1-4H3,(H2,16,17). The van der Waals surface area contributed by atoms with Crippen LogP contribution in [-0.2, 0) is 13.5 Å². The normalized spacial score (nSPS) is 18.6. The monoisotopic (exact) mass is 292 g/mol. The molecule has 0 spiro atoms. The summed E-state index contributed by atoms with van der Waals surface area (Å²) in [6, 6.07) is 0.240. The molecule has 118 valence electrons. The molecule has 2 rings (SSSR count). The summed E-state index contributed by atoms with van der Waals surface area (Å²) in [4.78, 5) is 9.09. The Labute approximate surface area is 127 Å². The molecular weight excluding hydrogens is 264 g/mol. The van der Waals surface area contributed by atoms with Gasteiger partial charge in [0.05, 0.1) is 18.3 Å². The number of aliphatic imine (C=N–C) groups is 1. The number of rotatable bonds is 7. The van der Waals surface area contributed by atoms with E-state index in [4.69, 9.17) is 5.73 Å². The number of guanidine groups is 1. The van der Waals surface area contributed by atoms with Crippen LogP contribution in [0.15, 0.2) is 11.2 Å². The van der Waals surface area contributed by atoms with Crippen molar-refractivity contribution in [1.82, 2.24) is 19.6 Å². The minimum atomic E-state index is 0.240. The Kier molecular flexibility index (Phi) is 5.22. The largest absolute Gasteiger partial charge is 0.370 e. The zero-order valence-corrected chi connectivity index (χ0v) is 13.7. The molecule has 1 aromatic rings. The molecule has 0 saturated heterocycles. The highest BCUT2D eigenvalue weighted by Gasteiger charge is 2.30. The van der Waals surface area contributed by atoms with Gasteiger partial charge >= 0.3 is 0 Å². The molecule has 2 heterocycles. The van der Waals surface area contributed by atoms with E-state index < -0.39 is 0 Å². The maximum Gasteiger partial charge on any atom is 0.191 e. The summed E-state index contributed by atoms with van der Waals surface area (Å²) in [5.41, 5.74) is 8.52. The highest BCUT2D eigenvalue weighted by molar-refractivity contribution is 5.80. The van der Waals surface area contributed by atoms with Gasteiger partial charge in [-0.2, -0.15) is 5.10 Å². The van der Waals surface area contributed by atoms with Crippen LogP contribution in [0, 0.1) is 0 Å². The Bertz CT molecular complexity index is 488. The van der Waals surface area contributed by atoms with Gasteiger partial charge < -0.3 is 15.5 Å². The molecule has 0 saturated carbocycles. The van der Waals surface area contributed by atoms with Gasteiger partial charge in [0.2, 0.25) is 0 Å². The fourth-order valence-corrected chi connectivity index (χ4v) is 2.96. The van der Waals surface area contributed by atoms with Crippen molar-refractivity contribution < 1.29 is 0 Å². The second-order valence-electron chi connectivity index (χ2n) is 5.49. The smallest absolute Gasteiger partial charge is 0.191 e. The first-order valence-corrected chi connectivity index (χ1v) is 7.91. The Morgan fingerprint density at radius 2 is 2.05 bits per heavy atom. The minimum Gasteiger partial charge on any atom is -0.370 e. The summed E-state index contributed by atoms with van der Waals surface area (Å²) in [5, 5.41) is 4.55. The lowest BCUT2D eigenvalue weighted by Gasteiger charge is -2.29. The maximum absolute atomic E-state index is 6.10. The molecule has 1 atom stereocenters. The number of hydrogen-bond donors (Lipinski definition) is 1. The van der Waals surface area contributed by atoms with Crippen molar-refractivity contribution in [2.75, 3.05) is 32.7 Å². The number of nitrogens with two attached hydrogens (primary N) is 1. The summed E-state index contributed by atoms with van der Waals surface area (Å²) < 4.78 is 1.89. The van der Waals surface area contributed by atoms with Crippen LogP contribution < -0.4 is 5.73 Å². The zero-order chi connectivity index (χ0) is 15.4. The number of aryl methyl sites for hydroxylation is 2. The molecule has 0 fully saturated rings. The predicted molar refractivity (Wildman–Crippen MR) is 86.3 cm³/mol. The SMILES string of the molecule is CCc1nn(C)cc1C1CN=C(N)N1CCN(CC)CC. The van der Waals surface area contributed by atoms with E-state index in [-0.39, 0.29) is 6.04 Å². The van der Waals surface area contributed by atoms with E-state index in [1.165, 1.54) is 5.56 Å². The first-order chi connectivity index (χ1) is 10.1. The molecule has 0 amide bonds. The van der Waals surface area contributed by atoms with Gasteiger partial charge in [-0.05, 0) is 19.5 Å². The fraction of sp³-hybridized carbons (Fsp3) is 0.733. The highest BCUT2D eigenvalue weighted by Crippen LogP contribution is 2.27. The Balaban J connectivity index is 2.12. The van der Waals surface area contributed by atoms with Crippen molar-refractivity contribution in [2.24, 2.45) is 17.8 Å². The molecule has 21 heavy (non-hydrogen) atoms. The number of aromatic nitrogens is 2. The minimum absolute atomic E-state index is 0.240. The van der Waals surface area contributed by atoms with Crippen LogP contribution in [0.3, 0.4) is 0 Å². The highest BCUT2D eigenvalue weighted by atomic mass is 15.3. The summed E-state index contributed by atoms with van der Waals surface area (Å²) >= 11 is 0. The summed E-state index contributed by atoms with van der Waals surface area (Å²) in [5.74, 6) is 0.665. The Hall–Kier alpha value is -1.56. The van der Waals surface area contributed by atoms with Crippen LogP contribution in [0.25, 0.3) is 0 Å². The number of likely N-dealkylation sites (N-methyl/N-ethyl adjacent to an activating group) is 1. The topological polar surface area (TPSA) is 62.7 Å². The van der Waals surface area contributed by atoms with Crippen molar-refractivity contribution in [2.45, 2.75) is 33.2 Å². The lowest BCUT2D eigenvalue weighted by molar-refractivity contribution is 0.248. The van der Waals surface area contributed by atoms with Crippen LogP contribution in [-0.4, -0.2) is 58.3 Å². The van der Waals surface area contributed by atoms with E-state index in [9.17, 15) is 0 Å². The lowest BCUT2D eigenvalue weighted by Crippen LogP contribution is -2.41. The van der Waals surface area contributed by atoms with Gasteiger partial charge in [0.1, 0.15) is 0 Å². The van der Waals surface area contributed by atoms with Crippen molar-refractivity contribution in [3.8, 4) is 0 Å². The quantitative estimate of drug-likeness (QED) is 0.814. The molecule has 0 radical (unpaired) electrons. The van der Waals surface area contributed by atoms with E-state index in [1.807, 2.05) is 11.7 Å². The van der Waals surface area contributed by atoms with Gasteiger partial charge in [-0.3, -0.25) is 9.67 Å². The van der Waals surface area contributed by atoms with Crippen LogP contribution in [0.1, 0.15) is 38.1 Å². The molecule has 1 unspecified atom stereocenters. The van der Waals surface area contributed by atoms with E-state index >= 15 is 0 Å². The molecule has 0 aliphatic carbocycles. The molecule has 0 bridgehead atoms. The molecule has 1 aromatic heterocycles. The first-order valence-electron chi connectivity index (χ1n) is 7.91. The lowest BCUT2D eigenvalue weighted by atomic mass is 10.1. The van der Waals surface area contributed by atoms with Gasteiger partial charge in [0.15, 0.2) is 5.96 Å². The Morgan fingerprint density at radius 3 is 2.67 bits per heavy atom. The average molecular weight is 292 g/mol. The molecular formula is C15H28N6. The first kappa shape index (κ1) is 15.8. The number of nitrogens with zero attached hydrogens (tertiary/aromatic N) is 5. The van der Waals surface area contributed by atoms with Crippen molar-refractivity contribution >= 4 is 5.96 Å². The molecule has 0 aromatic carbocycles. The summed E-state index contributed by atoms with van der Waals surface area (Å²) in [6.07, 6.45) is 3.05. The van der Waals surface area contributed by atoms with Crippen molar-refractivity contribution in [3.63, 3.8) is 0 Å². The van der Waals surface area contributed by atoms with Crippen molar-refractivity contribution in [1.29, 1.82) is 0 Å². The maximum atomic E-state index is 6.10. The van der Waals surface area contributed by atoms with Crippen LogP contribution >= 0.6 is 0 Å². The van der Waals surface area contributed by atoms with Gasteiger partial charge in [-0.15, -0.1) is 0 Å². The molecule has 2 N–H and O–H groups in total. The van der Waals surface area contributed by atoms with Gasteiger partial charge in [0, 0.05) is 31.9 Å². The van der Waals surface area contributed by atoms with E-state index in [0.29, 0.717) is 5.96 Å². The van der Waals surface area contributed by atoms with Gasteiger partial charge in [0.25, 0.3) is 0 Å². The summed E-state index contributed by atoms with van der Waals surface area (Å²) in [6.45, 7) is 11.3. The average Bonchev–Trinajstić information content (AvgIpc) is 3.03.